The molecule has 0 unspecified atom stereocenters. The number of thiazole rings is 1. The summed E-state index contributed by atoms with van der Waals surface area (Å²) in [5.41, 5.74) is 0.798. The summed E-state index contributed by atoms with van der Waals surface area (Å²) in [7, 11) is 0. The third-order valence-corrected chi connectivity index (χ3v) is 7.34. The highest BCUT2D eigenvalue weighted by Gasteiger charge is 2.16. The predicted molar refractivity (Wildman–Crippen MR) is 132 cm³/mol. The number of rotatable bonds is 6. The Bertz CT molecular complexity index is 1620. The number of nitrogens with zero attached hydrogens (tertiary/aromatic N) is 3. The lowest BCUT2D eigenvalue weighted by Gasteiger charge is -2.08. The van der Waals surface area contributed by atoms with Crippen LogP contribution < -0.4 is 16.5 Å². The number of hydrogen-bond donors (Lipinski definition) is 1. The number of amides is 1. The SMILES string of the molecule is Cc1nc(-c2cccs2)sc1-c1ccc(=O)n(CCNC(=O)c2cc3ccccc3oc2=O)n1. The summed E-state index contributed by atoms with van der Waals surface area (Å²) in [6.45, 7) is 2.17. The molecule has 5 aromatic rings. The van der Waals surface area contributed by atoms with Crippen LogP contribution in [0.15, 0.2) is 74.0 Å². The number of carbonyl (C=O) groups is 1. The van der Waals surface area contributed by atoms with Crippen LogP contribution in [0.2, 0.25) is 0 Å². The Hall–Kier alpha value is -3.89. The van der Waals surface area contributed by atoms with Gasteiger partial charge in [-0.2, -0.15) is 5.10 Å². The lowest BCUT2D eigenvalue weighted by atomic mass is 10.2. The summed E-state index contributed by atoms with van der Waals surface area (Å²) >= 11 is 3.14. The number of para-hydroxylation sites is 1. The smallest absolute Gasteiger partial charge is 0.349 e. The van der Waals surface area contributed by atoms with Gasteiger partial charge in [0.2, 0.25) is 0 Å². The number of nitrogens with one attached hydrogen (secondary N) is 1. The van der Waals surface area contributed by atoms with Gasteiger partial charge in [-0.25, -0.2) is 14.5 Å². The molecule has 0 atom stereocenters. The number of benzene rings is 1. The number of aromatic nitrogens is 3. The Morgan fingerprint density at radius 3 is 2.79 bits per heavy atom. The summed E-state index contributed by atoms with van der Waals surface area (Å²) in [6.07, 6.45) is 0. The van der Waals surface area contributed by atoms with E-state index in [9.17, 15) is 14.4 Å². The van der Waals surface area contributed by atoms with E-state index in [0.29, 0.717) is 16.7 Å². The second kappa shape index (κ2) is 9.16. The van der Waals surface area contributed by atoms with Gasteiger partial charge in [-0.1, -0.05) is 24.3 Å². The van der Waals surface area contributed by atoms with E-state index in [1.165, 1.54) is 28.2 Å². The van der Waals surface area contributed by atoms with Gasteiger partial charge in [0.05, 0.1) is 22.0 Å². The van der Waals surface area contributed by atoms with Crippen LogP contribution >= 0.6 is 22.7 Å². The maximum absolute atomic E-state index is 12.5. The highest BCUT2D eigenvalue weighted by Crippen LogP contribution is 2.35. The Kier molecular flexibility index (Phi) is 5.91. The quantitative estimate of drug-likeness (QED) is 0.361. The predicted octanol–water partition coefficient (Wildman–Crippen LogP) is 3.94. The third kappa shape index (κ3) is 4.33. The Morgan fingerprint density at radius 1 is 1.12 bits per heavy atom. The maximum Gasteiger partial charge on any atom is 0.349 e. The Labute approximate surface area is 201 Å². The molecule has 0 saturated heterocycles. The standard InChI is InChI=1S/C24H18N4O4S2/c1-14-21(34-23(26-14)19-7-4-12-33-19)17-8-9-20(29)28(27-17)11-10-25-22(30)16-13-15-5-2-3-6-18(15)32-24(16)31/h2-9,12-13H,10-11H2,1H3,(H,25,30). The summed E-state index contributed by atoms with van der Waals surface area (Å²) < 4.78 is 6.51. The lowest BCUT2D eigenvalue weighted by molar-refractivity contribution is 0.0948. The average molecular weight is 491 g/mol. The summed E-state index contributed by atoms with van der Waals surface area (Å²) in [6, 6.07) is 15.6. The van der Waals surface area contributed by atoms with Gasteiger partial charge in [0.25, 0.3) is 11.5 Å². The second-order valence-corrected chi connectivity index (χ2v) is 9.38. The normalized spacial score (nSPS) is 11.1. The van der Waals surface area contributed by atoms with Gasteiger partial charge >= 0.3 is 5.63 Å². The monoisotopic (exact) mass is 490 g/mol. The van der Waals surface area contributed by atoms with Gasteiger partial charge in [-0.15, -0.1) is 22.7 Å². The largest absolute Gasteiger partial charge is 0.422 e. The zero-order valence-corrected chi connectivity index (χ0v) is 19.6. The van der Waals surface area contributed by atoms with Crippen LogP contribution in [0.3, 0.4) is 0 Å². The van der Waals surface area contributed by atoms with Crippen molar-refractivity contribution in [2.24, 2.45) is 0 Å². The van der Waals surface area contributed by atoms with Gasteiger partial charge in [-0.05, 0) is 36.6 Å². The summed E-state index contributed by atoms with van der Waals surface area (Å²) in [5, 5.41) is 10.7. The zero-order valence-electron chi connectivity index (χ0n) is 18.0. The van der Waals surface area contributed by atoms with E-state index in [0.717, 1.165) is 20.5 Å². The molecule has 0 aliphatic rings. The molecule has 4 heterocycles. The first-order valence-electron chi connectivity index (χ1n) is 10.4. The molecule has 0 fully saturated rings. The van der Waals surface area contributed by atoms with Crippen molar-refractivity contribution in [1.82, 2.24) is 20.1 Å². The van der Waals surface area contributed by atoms with E-state index in [-0.39, 0.29) is 24.2 Å². The molecular weight excluding hydrogens is 472 g/mol. The van der Waals surface area contributed by atoms with Crippen molar-refractivity contribution in [1.29, 1.82) is 0 Å². The van der Waals surface area contributed by atoms with Crippen LogP contribution in [-0.2, 0) is 6.54 Å². The van der Waals surface area contributed by atoms with Crippen LogP contribution in [0, 0.1) is 6.92 Å². The molecule has 1 amide bonds. The van der Waals surface area contributed by atoms with Gasteiger partial charge in [0.1, 0.15) is 21.8 Å². The van der Waals surface area contributed by atoms with E-state index in [4.69, 9.17) is 4.42 Å². The van der Waals surface area contributed by atoms with Crippen LogP contribution in [0.25, 0.3) is 31.4 Å². The second-order valence-electron chi connectivity index (χ2n) is 7.43. The average Bonchev–Trinajstić information content (AvgIpc) is 3.50. The highest BCUT2D eigenvalue weighted by atomic mass is 32.1. The Balaban J connectivity index is 1.32. The summed E-state index contributed by atoms with van der Waals surface area (Å²) in [5.74, 6) is -0.567. The minimum Gasteiger partial charge on any atom is -0.422 e. The molecule has 0 aliphatic heterocycles. The van der Waals surface area contributed by atoms with Crippen molar-refractivity contribution in [2.45, 2.75) is 13.5 Å². The topological polar surface area (TPSA) is 107 Å². The van der Waals surface area contributed by atoms with Crippen LogP contribution in [-0.4, -0.2) is 27.2 Å². The molecule has 0 radical (unpaired) electrons. The lowest BCUT2D eigenvalue weighted by Crippen LogP contribution is -2.33. The van der Waals surface area contributed by atoms with E-state index < -0.39 is 11.5 Å². The van der Waals surface area contributed by atoms with Crippen LogP contribution in [0.1, 0.15) is 16.1 Å². The van der Waals surface area contributed by atoms with Crippen molar-refractivity contribution < 1.29 is 9.21 Å². The fourth-order valence-electron chi connectivity index (χ4n) is 3.46. The zero-order chi connectivity index (χ0) is 23.7. The van der Waals surface area contributed by atoms with Gasteiger partial charge in [0.15, 0.2) is 0 Å². The minimum atomic E-state index is -0.712. The Morgan fingerprint density at radius 2 is 1.97 bits per heavy atom. The molecule has 0 aliphatic carbocycles. The first-order chi connectivity index (χ1) is 16.5. The van der Waals surface area contributed by atoms with E-state index >= 15 is 0 Å². The fourth-order valence-corrected chi connectivity index (χ4v) is 5.29. The van der Waals surface area contributed by atoms with Crippen molar-refractivity contribution in [3.8, 4) is 20.5 Å². The van der Waals surface area contributed by atoms with Gasteiger partial charge < -0.3 is 9.73 Å². The number of carbonyl (C=O) groups excluding carboxylic acids is 1. The van der Waals surface area contributed by atoms with Crippen molar-refractivity contribution in [3.63, 3.8) is 0 Å². The van der Waals surface area contributed by atoms with Crippen molar-refractivity contribution in [3.05, 3.63) is 92.0 Å². The highest BCUT2D eigenvalue weighted by molar-refractivity contribution is 7.23. The number of hydrogen-bond acceptors (Lipinski definition) is 8. The molecule has 170 valence electrons. The molecule has 0 spiro atoms. The number of fused-ring (bicyclic) bond motifs is 1. The van der Waals surface area contributed by atoms with Gasteiger partial charge in [0, 0.05) is 18.0 Å². The number of aryl methyl sites for hydroxylation is 1. The summed E-state index contributed by atoms with van der Waals surface area (Å²) in [4.78, 5) is 43.7. The van der Waals surface area contributed by atoms with Crippen molar-refractivity contribution in [2.75, 3.05) is 6.54 Å². The molecule has 1 aromatic carbocycles. The fraction of sp³-hybridized carbons (Fsp3) is 0.125. The molecule has 5 rings (SSSR count). The maximum atomic E-state index is 12.5. The number of thiophene rings is 1. The first kappa shape index (κ1) is 21.9. The van der Waals surface area contributed by atoms with Crippen LogP contribution in [0.4, 0.5) is 0 Å². The molecular formula is C24H18N4O4S2. The molecule has 0 bridgehead atoms. The molecule has 34 heavy (non-hydrogen) atoms. The van der Waals surface area contributed by atoms with E-state index in [1.807, 2.05) is 24.4 Å². The molecule has 10 heteroatoms. The van der Waals surface area contributed by atoms with Crippen molar-refractivity contribution >= 4 is 39.5 Å². The van der Waals surface area contributed by atoms with E-state index in [1.54, 1.807) is 41.7 Å². The minimum absolute atomic E-state index is 0.0888. The molecule has 0 saturated carbocycles. The first-order valence-corrected chi connectivity index (χ1v) is 12.1. The van der Waals surface area contributed by atoms with Gasteiger partial charge in [-0.3, -0.25) is 9.59 Å². The molecule has 8 nitrogen and oxygen atoms in total. The molecule has 1 N–H and O–H groups in total. The third-order valence-electron chi connectivity index (χ3n) is 5.12. The van der Waals surface area contributed by atoms with E-state index in [2.05, 4.69) is 15.4 Å². The van der Waals surface area contributed by atoms with Crippen LogP contribution in [0.5, 0.6) is 0 Å². The molecule has 4 aromatic heterocycles.